The van der Waals surface area contributed by atoms with Gasteiger partial charge in [-0.15, -0.1) is 0 Å². The van der Waals surface area contributed by atoms with Crippen molar-refractivity contribution in [2.24, 2.45) is 0 Å². The maximum Gasteiger partial charge on any atom is 0.272 e. The monoisotopic (exact) mass is 244 g/mol. The first-order valence-corrected chi connectivity index (χ1v) is 5.98. The van der Waals surface area contributed by atoms with Crippen molar-refractivity contribution in [3.8, 4) is 0 Å². The molecule has 1 fully saturated rings. The SMILES string of the molecule is Cc1cccc2c1[nH]c[n+]2C1CCC(=O)NC1=O. The molecule has 5 nitrogen and oxygen atoms in total. The quantitative estimate of drug-likeness (QED) is 0.574. The second-order valence-corrected chi connectivity index (χ2v) is 4.62. The number of amides is 2. The van der Waals surface area contributed by atoms with E-state index in [1.54, 1.807) is 6.33 Å². The van der Waals surface area contributed by atoms with Crippen molar-refractivity contribution in [2.45, 2.75) is 25.8 Å². The fraction of sp³-hybridized carbons (Fsp3) is 0.308. The first kappa shape index (κ1) is 11.0. The third-order valence-corrected chi connectivity index (χ3v) is 3.42. The number of hydrogen-bond donors (Lipinski definition) is 2. The van der Waals surface area contributed by atoms with Crippen LogP contribution in [0.25, 0.3) is 11.0 Å². The van der Waals surface area contributed by atoms with E-state index in [1.165, 1.54) is 0 Å². The average Bonchev–Trinajstić information content (AvgIpc) is 2.74. The molecule has 0 saturated carbocycles. The number of H-pyrrole nitrogens is 1. The molecule has 1 atom stereocenters. The highest BCUT2D eigenvalue weighted by Gasteiger charge is 2.33. The van der Waals surface area contributed by atoms with Crippen LogP contribution in [0.3, 0.4) is 0 Å². The van der Waals surface area contributed by atoms with Crippen molar-refractivity contribution in [3.05, 3.63) is 30.1 Å². The molecular formula is C13H14N3O2+. The van der Waals surface area contributed by atoms with Gasteiger partial charge < -0.3 is 0 Å². The fourth-order valence-corrected chi connectivity index (χ4v) is 2.46. The summed E-state index contributed by atoms with van der Waals surface area (Å²) in [6.07, 6.45) is 2.75. The minimum atomic E-state index is -0.307. The molecule has 1 aromatic heterocycles. The van der Waals surface area contributed by atoms with Crippen molar-refractivity contribution in [1.82, 2.24) is 10.3 Å². The van der Waals surface area contributed by atoms with Gasteiger partial charge in [0.25, 0.3) is 5.91 Å². The van der Waals surface area contributed by atoms with E-state index in [-0.39, 0.29) is 17.9 Å². The molecule has 1 unspecified atom stereocenters. The van der Waals surface area contributed by atoms with Gasteiger partial charge in [-0.05, 0) is 13.0 Å². The molecule has 2 heterocycles. The van der Waals surface area contributed by atoms with E-state index >= 15 is 0 Å². The van der Waals surface area contributed by atoms with Crippen molar-refractivity contribution in [2.75, 3.05) is 0 Å². The van der Waals surface area contributed by atoms with E-state index in [2.05, 4.69) is 10.3 Å². The molecule has 0 spiro atoms. The highest BCUT2D eigenvalue weighted by atomic mass is 16.2. The normalized spacial score (nSPS) is 20.2. The van der Waals surface area contributed by atoms with Gasteiger partial charge in [0.05, 0.1) is 0 Å². The summed E-state index contributed by atoms with van der Waals surface area (Å²) in [4.78, 5) is 26.2. The second kappa shape index (κ2) is 3.94. The van der Waals surface area contributed by atoms with Crippen molar-refractivity contribution in [1.29, 1.82) is 0 Å². The molecule has 1 aliphatic rings. The topological polar surface area (TPSA) is 65.8 Å². The Kier molecular flexibility index (Phi) is 2.40. The summed E-state index contributed by atoms with van der Waals surface area (Å²) >= 11 is 0. The molecule has 1 saturated heterocycles. The van der Waals surface area contributed by atoms with Gasteiger partial charge in [0.15, 0.2) is 17.1 Å². The lowest BCUT2D eigenvalue weighted by molar-refractivity contribution is -0.685. The molecular weight excluding hydrogens is 230 g/mol. The molecule has 2 aromatic rings. The number of nitrogens with zero attached hydrogens (tertiary/aromatic N) is 1. The van der Waals surface area contributed by atoms with Gasteiger partial charge in [0.2, 0.25) is 12.2 Å². The van der Waals surface area contributed by atoms with Crippen molar-refractivity contribution >= 4 is 22.8 Å². The maximum atomic E-state index is 11.9. The highest BCUT2D eigenvalue weighted by Crippen LogP contribution is 2.18. The number of carbonyl (C=O) groups is 2. The van der Waals surface area contributed by atoms with Gasteiger partial charge in [-0.2, -0.15) is 0 Å². The molecule has 18 heavy (non-hydrogen) atoms. The van der Waals surface area contributed by atoms with Crippen LogP contribution < -0.4 is 9.88 Å². The lowest BCUT2D eigenvalue weighted by Gasteiger charge is -2.18. The predicted octanol–water partition coefficient (Wildman–Crippen LogP) is 0.742. The van der Waals surface area contributed by atoms with Gasteiger partial charge >= 0.3 is 0 Å². The molecule has 1 aromatic carbocycles. The number of imide groups is 1. The zero-order chi connectivity index (χ0) is 12.7. The standard InChI is InChI=1S/C13H13N3O2/c1-8-3-2-4-9-12(8)14-7-16(9)10-5-6-11(17)15-13(10)18/h2-4,7,10H,5-6H2,1H3,(H,15,17,18)/p+1. The van der Waals surface area contributed by atoms with E-state index in [0.717, 1.165) is 16.6 Å². The molecule has 1 aliphatic heterocycles. The van der Waals surface area contributed by atoms with Crippen LogP contribution in [-0.4, -0.2) is 16.8 Å². The van der Waals surface area contributed by atoms with Crippen LogP contribution >= 0.6 is 0 Å². The minimum Gasteiger partial charge on any atom is -0.293 e. The first-order valence-electron chi connectivity index (χ1n) is 5.98. The van der Waals surface area contributed by atoms with Gasteiger partial charge in [-0.1, -0.05) is 12.1 Å². The van der Waals surface area contributed by atoms with Crippen molar-refractivity contribution in [3.63, 3.8) is 0 Å². The third-order valence-electron chi connectivity index (χ3n) is 3.42. The number of hydrogen-bond acceptors (Lipinski definition) is 2. The zero-order valence-corrected chi connectivity index (χ0v) is 10.1. The number of rotatable bonds is 1. The first-order chi connectivity index (χ1) is 8.66. The van der Waals surface area contributed by atoms with E-state index in [1.807, 2.05) is 29.7 Å². The lowest BCUT2D eigenvalue weighted by atomic mass is 10.1. The zero-order valence-electron chi connectivity index (χ0n) is 10.1. The number of imidazole rings is 1. The summed E-state index contributed by atoms with van der Waals surface area (Å²) < 4.78 is 1.91. The number of aromatic amines is 1. The summed E-state index contributed by atoms with van der Waals surface area (Å²) in [5.74, 6) is -0.411. The van der Waals surface area contributed by atoms with Crippen LogP contribution in [0.1, 0.15) is 24.4 Å². The maximum absolute atomic E-state index is 11.9. The molecule has 0 radical (unpaired) electrons. The van der Waals surface area contributed by atoms with Crippen LogP contribution in [0.4, 0.5) is 0 Å². The summed E-state index contributed by atoms with van der Waals surface area (Å²) in [5, 5.41) is 2.38. The predicted molar refractivity (Wildman–Crippen MR) is 64.7 cm³/mol. The number of piperidine rings is 1. The Hall–Kier alpha value is -2.17. The highest BCUT2D eigenvalue weighted by molar-refractivity contribution is 5.98. The molecule has 2 amide bonds. The third kappa shape index (κ3) is 1.59. The van der Waals surface area contributed by atoms with Crippen LogP contribution in [0.5, 0.6) is 0 Å². The number of aryl methyl sites for hydroxylation is 1. The Bertz CT molecular complexity index is 645. The summed E-state index contributed by atoms with van der Waals surface area (Å²) in [6, 6.07) is 5.66. The molecule has 5 heteroatoms. The number of nitrogens with one attached hydrogen (secondary N) is 2. The van der Waals surface area contributed by atoms with Crippen LogP contribution in [0.15, 0.2) is 24.5 Å². The Morgan fingerprint density at radius 2 is 2.17 bits per heavy atom. The fourth-order valence-electron chi connectivity index (χ4n) is 2.46. The molecule has 0 bridgehead atoms. The number of aromatic nitrogens is 2. The molecule has 3 rings (SSSR count). The van der Waals surface area contributed by atoms with E-state index in [9.17, 15) is 9.59 Å². The Labute approximate surface area is 104 Å². The Balaban J connectivity index is 2.07. The molecule has 92 valence electrons. The number of para-hydroxylation sites is 1. The molecule has 0 aliphatic carbocycles. The number of benzene rings is 1. The number of carbonyl (C=O) groups excluding carboxylic acids is 2. The van der Waals surface area contributed by atoms with Gasteiger partial charge in [-0.3, -0.25) is 14.9 Å². The number of fused-ring (bicyclic) bond motifs is 1. The van der Waals surface area contributed by atoms with Crippen LogP contribution in [0, 0.1) is 6.92 Å². The van der Waals surface area contributed by atoms with Crippen molar-refractivity contribution < 1.29 is 14.2 Å². The van der Waals surface area contributed by atoms with E-state index in [4.69, 9.17) is 0 Å². The summed E-state index contributed by atoms with van der Waals surface area (Å²) in [5.41, 5.74) is 3.16. The van der Waals surface area contributed by atoms with Gasteiger partial charge in [0, 0.05) is 18.4 Å². The molecule has 2 N–H and O–H groups in total. The average molecular weight is 244 g/mol. The summed E-state index contributed by atoms with van der Waals surface area (Å²) in [7, 11) is 0. The minimum absolute atomic E-state index is 0.187. The second-order valence-electron chi connectivity index (χ2n) is 4.62. The van der Waals surface area contributed by atoms with Crippen LogP contribution in [-0.2, 0) is 9.59 Å². The smallest absolute Gasteiger partial charge is 0.272 e. The summed E-state index contributed by atoms with van der Waals surface area (Å²) in [6.45, 7) is 2.02. The van der Waals surface area contributed by atoms with E-state index < -0.39 is 0 Å². The Morgan fingerprint density at radius 1 is 1.33 bits per heavy atom. The largest absolute Gasteiger partial charge is 0.293 e. The van der Waals surface area contributed by atoms with Gasteiger partial charge in [0.1, 0.15) is 0 Å². The van der Waals surface area contributed by atoms with Crippen LogP contribution in [0.2, 0.25) is 0 Å². The van der Waals surface area contributed by atoms with Gasteiger partial charge in [-0.25, -0.2) is 9.55 Å². The Morgan fingerprint density at radius 3 is 2.94 bits per heavy atom. The lowest BCUT2D eigenvalue weighted by Crippen LogP contribution is -2.52. The van der Waals surface area contributed by atoms with E-state index in [0.29, 0.717) is 12.8 Å².